The molecule has 2 atom stereocenters. The predicted octanol–water partition coefficient (Wildman–Crippen LogP) is 19.0. The Labute approximate surface area is 435 Å². The van der Waals surface area contributed by atoms with Crippen molar-refractivity contribution in [3.8, 4) is 0 Å². The van der Waals surface area contributed by atoms with Crippen LogP contribution in [0.15, 0.2) is 0 Å². The molecule has 0 fully saturated rings. The Morgan fingerprint density at radius 3 is 0.914 bits per heavy atom. The monoisotopic (exact) mass is 1010 g/mol. The van der Waals surface area contributed by atoms with Gasteiger partial charge in [-0.2, -0.15) is 0 Å². The smallest absolute Gasteiger partial charge is 0.462 e. The van der Waals surface area contributed by atoms with Gasteiger partial charge < -0.3 is 18.9 Å². The summed E-state index contributed by atoms with van der Waals surface area (Å²) in [5, 5.41) is 0. The molecule has 0 aliphatic heterocycles. The first kappa shape index (κ1) is 69.0. The third-order valence-corrected chi connectivity index (χ3v) is 15.1. The van der Waals surface area contributed by atoms with Gasteiger partial charge in [0, 0.05) is 12.8 Å². The van der Waals surface area contributed by atoms with Gasteiger partial charge in [-0.1, -0.05) is 296 Å². The number of carbonyl (C=O) groups excluding carboxylic acids is 2. The van der Waals surface area contributed by atoms with Gasteiger partial charge in [0.15, 0.2) is 6.10 Å². The van der Waals surface area contributed by atoms with E-state index in [1.807, 2.05) is 21.1 Å². The van der Waals surface area contributed by atoms with Crippen LogP contribution in [0.25, 0.3) is 0 Å². The lowest BCUT2D eigenvalue weighted by molar-refractivity contribution is -0.870. The van der Waals surface area contributed by atoms with Gasteiger partial charge in [0.05, 0.1) is 27.7 Å². The molecule has 0 bridgehead atoms. The topological polar surface area (TPSA) is 108 Å². The van der Waals surface area contributed by atoms with E-state index in [1.165, 1.54) is 257 Å². The van der Waals surface area contributed by atoms with Crippen LogP contribution in [0, 0.1) is 0 Å². The number of carbonyl (C=O) groups is 2. The molecular weight excluding hydrogens is 894 g/mol. The van der Waals surface area contributed by atoms with Crippen molar-refractivity contribution in [2.45, 2.75) is 328 Å². The number of ether oxygens (including phenoxy) is 2. The minimum absolute atomic E-state index is 0.0369. The zero-order chi connectivity index (χ0) is 51.3. The summed E-state index contributed by atoms with van der Waals surface area (Å²) in [5.74, 6) is -0.782. The van der Waals surface area contributed by atoms with Crippen LogP contribution in [-0.4, -0.2) is 74.9 Å². The first-order chi connectivity index (χ1) is 34.0. The van der Waals surface area contributed by atoms with E-state index in [0.717, 1.165) is 38.5 Å². The highest BCUT2D eigenvalue weighted by molar-refractivity contribution is 7.47. The SMILES string of the molecule is CCCCCCCCCCCCCCCCCCCCCCCCCCCCCCCCCCCCCCCC(=O)OC(COC(=O)CCCCCCCCCCC)COP(=O)(O)OCC[N+](C)(C)C. The molecule has 0 aromatic rings. The molecule has 0 saturated carbocycles. The zero-order valence-electron chi connectivity index (χ0n) is 47.5. The number of unbranched alkanes of at least 4 members (excludes halogenated alkanes) is 44. The maximum atomic E-state index is 12.8. The zero-order valence-corrected chi connectivity index (χ0v) is 48.4. The third kappa shape index (κ3) is 56.3. The van der Waals surface area contributed by atoms with Gasteiger partial charge in [0.1, 0.15) is 19.8 Å². The number of phosphoric acid groups is 1. The molecule has 418 valence electrons. The molecular formula is C60H121NO8P+. The Morgan fingerprint density at radius 2 is 0.643 bits per heavy atom. The van der Waals surface area contributed by atoms with Crippen molar-refractivity contribution < 1.29 is 42.1 Å². The second kappa shape index (κ2) is 52.9. The minimum atomic E-state index is -4.37. The summed E-state index contributed by atoms with van der Waals surface area (Å²) in [4.78, 5) is 35.5. The maximum absolute atomic E-state index is 12.8. The second-order valence-electron chi connectivity index (χ2n) is 22.5. The van der Waals surface area contributed by atoms with E-state index < -0.39 is 26.5 Å². The summed E-state index contributed by atoms with van der Waals surface area (Å²) in [6.07, 6.45) is 60.9. The van der Waals surface area contributed by atoms with Crippen LogP contribution >= 0.6 is 7.82 Å². The normalized spacial score (nSPS) is 13.2. The fourth-order valence-corrected chi connectivity index (χ4v) is 10.1. The summed E-state index contributed by atoms with van der Waals surface area (Å²) in [5.41, 5.74) is 0. The maximum Gasteiger partial charge on any atom is 0.472 e. The highest BCUT2D eigenvalue weighted by atomic mass is 31.2. The summed E-state index contributed by atoms with van der Waals surface area (Å²) in [6.45, 7) is 4.46. The van der Waals surface area contributed by atoms with E-state index in [4.69, 9.17) is 18.5 Å². The Kier molecular flexibility index (Phi) is 52.1. The molecule has 1 N–H and O–H groups in total. The lowest BCUT2D eigenvalue weighted by Gasteiger charge is -2.24. The number of nitrogens with zero attached hydrogens (tertiary/aromatic N) is 1. The van der Waals surface area contributed by atoms with Crippen molar-refractivity contribution >= 4 is 19.8 Å². The molecule has 0 rings (SSSR count). The van der Waals surface area contributed by atoms with Gasteiger partial charge in [-0.25, -0.2) is 4.57 Å². The van der Waals surface area contributed by atoms with Crippen molar-refractivity contribution in [3.05, 3.63) is 0 Å². The van der Waals surface area contributed by atoms with Gasteiger partial charge in [-0.3, -0.25) is 18.6 Å². The summed E-state index contributed by atoms with van der Waals surface area (Å²) >= 11 is 0. The predicted molar refractivity (Wildman–Crippen MR) is 298 cm³/mol. The van der Waals surface area contributed by atoms with Gasteiger partial charge in [-0.15, -0.1) is 0 Å². The Balaban J connectivity index is 3.78. The Hall–Kier alpha value is -0.990. The van der Waals surface area contributed by atoms with Crippen molar-refractivity contribution in [1.29, 1.82) is 0 Å². The molecule has 0 aliphatic rings. The van der Waals surface area contributed by atoms with Crippen LogP contribution < -0.4 is 0 Å². The fraction of sp³-hybridized carbons (Fsp3) is 0.967. The minimum Gasteiger partial charge on any atom is -0.462 e. The van der Waals surface area contributed by atoms with E-state index >= 15 is 0 Å². The van der Waals surface area contributed by atoms with Crippen molar-refractivity contribution in [2.24, 2.45) is 0 Å². The van der Waals surface area contributed by atoms with E-state index in [-0.39, 0.29) is 25.6 Å². The summed E-state index contributed by atoms with van der Waals surface area (Å²) < 4.78 is 34.4. The van der Waals surface area contributed by atoms with Gasteiger partial charge in [0.25, 0.3) is 0 Å². The Bertz CT molecular complexity index is 1150. The lowest BCUT2D eigenvalue weighted by atomic mass is 10.0. The second-order valence-corrected chi connectivity index (χ2v) is 23.9. The number of hydrogen-bond acceptors (Lipinski definition) is 7. The van der Waals surface area contributed by atoms with Gasteiger partial charge in [0.2, 0.25) is 0 Å². The van der Waals surface area contributed by atoms with Crippen LogP contribution in [-0.2, 0) is 32.7 Å². The number of hydrogen-bond donors (Lipinski definition) is 1. The molecule has 0 saturated heterocycles. The molecule has 0 aromatic carbocycles. The molecule has 9 nitrogen and oxygen atoms in total. The van der Waals surface area contributed by atoms with Crippen molar-refractivity contribution in [1.82, 2.24) is 0 Å². The number of esters is 2. The average molecular weight is 1020 g/mol. The van der Waals surface area contributed by atoms with Gasteiger partial charge >= 0.3 is 19.8 Å². The number of quaternary nitrogens is 1. The first-order valence-corrected chi connectivity index (χ1v) is 32.3. The van der Waals surface area contributed by atoms with E-state index in [2.05, 4.69) is 13.8 Å². The number of phosphoric ester groups is 1. The molecule has 0 aliphatic carbocycles. The Morgan fingerprint density at radius 1 is 0.386 bits per heavy atom. The largest absolute Gasteiger partial charge is 0.472 e. The molecule has 2 unspecified atom stereocenters. The molecule has 0 amide bonds. The molecule has 0 aromatic heterocycles. The fourth-order valence-electron chi connectivity index (χ4n) is 9.37. The van der Waals surface area contributed by atoms with Crippen LogP contribution in [0.4, 0.5) is 0 Å². The van der Waals surface area contributed by atoms with Crippen LogP contribution in [0.5, 0.6) is 0 Å². The van der Waals surface area contributed by atoms with Crippen molar-refractivity contribution in [2.75, 3.05) is 47.5 Å². The first-order valence-electron chi connectivity index (χ1n) is 30.8. The lowest BCUT2D eigenvalue weighted by Crippen LogP contribution is -2.37. The summed E-state index contributed by atoms with van der Waals surface area (Å²) in [7, 11) is 1.50. The third-order valence-electron chi connectivity index (χ3n) is 14.1. The molecule has 10 heteroatoms. The van der Waals surface area contributed by atoms with Gasteiger partial charge in [-0.05, 0) is 12.8 Å². The van der Waals surface area contributed by atoms with E-state index in [0.29, 0.717) is 17.4 Å². The van der Waals surface area contributed by atoms with Crippen LogP contribution in [0.1, 0.15) is 322 Å². The average Bonchev–Trinajstić information content (AvgIpc) is 3.32. The highest BCUT2D eigenvalue weighted by Crippen LogP contribution is 2.43. The van der Waals surface area contributed by atoms with E-state index in [9.17, 15) is 19.0 Å². The quantitative estimate of drug-likeness (QED) is 0.0278. The van der Waals surface area contributed by atoms with Crippen LogP contribution in [0.2, 0.25) is 0 Å². The van der Waals surface area contributed by atoms with E-state index in [1.54, 1.807) is 0 Å². The number of likely N-dealkylation sites (N-methyl/N-ethyl adjacent to an activating group) is 1. The highest BCUT2D eigenvalue weighted by Gasteiger charge is 2.27. The molecule has 0 spiro atoms. The summed E-state index contributed by atoms with van der Waals surface area (Å²) in [6, 6.07) is 0. The molecule has 70 heavy (non-hydrogen) atoms. The molecule has 0 radical (unpaired) electrons. The molecule has 0 heterocycles. The number of rotatable bonds is 58. The van der Waals surface area contributed by atoms with Crippen molar-refractivity contribution in [3.63, 3.8) is 0 Å². The standard InChI is InChI=1S/C60H120NO8P/c1-6-8-10-12-14-16-17-18-19-20-21-22-23-24-25-26-27-28-29-30-31-32-33-34-35-36-37-38-39-40-41-42-43-45-47-49-51-53-60(63)69-58(57-68-70(64,65)67-55-54-61(3,4)5)56-66-59(62)52-50-48-46-44-15-13-11-9-7-2/h58H,6-57H2,1-5H3/p+1. The van der Waals surface area contributed by atoms with Crippen LogP contribution in [0.3, 0.4) is 0 Å².